The predicted molar refractivity (Wildman–Crippen MR) is 93.4 cm³/mol. The molecule has 0 aromatic carbocycles. The summed E-state index contributed by atoms with van der Waals surface area (Å²) in [5.74, 6) is 1.42. The van der Waals surface area contributed by atoms with E-state index in [0.29, 0.717) is 5.92 Å². The molecule has 0 aliphatic heterocycles. The molecule has 2 N–H and O–H groups in total. The van der Waals surface area contributed by atoms with Crippen molar-refractivity contribution in [2.24, 2.45) is 10.9 Å². The summed E-state index contributed by atoms with van der Waals surface area (Å²) in [6.07, 6.45) is 4.86. The fourth-order valence-electron chi connectivity index (χ4n) is 2.15. The molecule has 0 spiro atoms. The molecule has 1 atom stereocenters. The van der Waals surface area contributed by atoms with Gasteiger partial charge >= 0.3 is 0 Å². The Morgan fingerprint density at radius 1 is 1.41 bits per heavy atom. The van der Waals surface area contributed by atoms with Gasteiger partial charge in [-0.25, -0.2) is 0 Å². The summed E-state index contributed by atoms with van der Waals surface area (Å²) in [5, 5.41) is 13.0. The van der Waals surface area contributed by atoms with Crippen LogP contribution in [0.15, 0.2) is 41.0 Å². The Balaban J connectivity index is 1.75. The molecule has 0 radical (unpaired) electrons. The molecule has 0 fully saturated rings. The predicted octanol–water partition coefficient (Wildman–Crippen LogP) is 2.38. The number of rotatable bonds is 8. The molecular weight excluding hydrogens is 294 g/mol. The number of aromatic nitrogens is 2. The highest BCUT2D eigenvalue weighted by atomic mass is 32.1. The second-order valence-corrected chi connectivity index (χ2v) is 6.34. The van der Waals surface area contributed by atoms with Gasteiger partial charge in [0.2, 0.25) is 0 Å². The van der Waals surface area contributed by atoms with Gasteiger partial charge in [-0.15, -0.1) is 11.3 Å². The highest BCUT2D eigenvalue weighted by molar-refractivity contribution is 7.09. The molecule has 22 heavy (non-hydrogen) atoms. The smallest absolute Gasteiger partial charge is 0.191 e. The van der Waals surface area contributed by atoms with E-state index in [9.17, 15) is 0 Å². The number of aliphatic imine (C=N–C) groups is 1. The highest BCUT2D eigenvalue weighted by Crippen LogP contribution is 2.14. The van der Waals surface area contributed by atoms with Gasteiger partial charge < -0.3 is 10.6 Å². The van der Waals surface area contributed by atoms with E-state index < -0.39 is 0 Å². The Labute approximate surface area is 136 Å². The zero-order chi connectivity index (χ0) is 15.6. The highest BCUT2D eigenvalue weighted by Gasteiger charge is 2.05. The molecule has 2 heterocycles. The van der Waals surface area contributed by atoms with Crippen LogP contribution >= 0.6 is 11.3 Å². The molecule has 1 unspecified atom stereocenters. The summed E-state index contributed by atoms with van der Waals surface area (Å²) in [5.41, 5.74) is 0. The molecule has 0 bridgehead atoms. The fourth-order valence-corrected chi connectivity index (χ4v) is 3.02. The molecule has 2 aromatic heterocycles. The molecule has 0 saturated carbocycles. The number of nitrogens with one attached hydrogen (secondary N) is 2. The molecule has 2 aromatic rings. The largest absolute Gasteiger partial charge is 0.357 e. The van der Waals surface area contributed by atoms with Gasteiger partial charge in [0.1, 0.15) is 0 Å². The van der Waals surface area contributed by atoms with Gasteiger partial charge in [-0.2, -0.15) is 5.10 Å². The van der Waals surface area contributed by atoms with E-state index in [1.807, 2.05) is 28.3 Å². The van der Waals surface area contributed by atoms with Gasteiger partial charge in [-0.1, -0.05) is 13.0 Å². The van der Waals surface area contributed by atoms with E-state index >= 15 is 0 Å². The second kappa shape index (κ2) is 9.25. The Morgan fingerprint density at radius 2 is 2.32 bits per heavy atom. The first kappa shape index (κ1) is 16.5. The third kappa shape index (κ3) is 5.89. The van der Waals surface area contributed by atoms with Crippen molar-refractivity contribution in [2.75, 3.05) is 19.6 Å². The Hall–Kier alpha value is -1.82. The van der Waals surface area contributed by atoms with Crippen LogP contribution in [0.5, 0.6) is 0 Å². The maximum Gasteiger partial charge on any atom is 0.191 e. The van der Waals surface area contributed by atoms with Crippen molar-refractivity contribution in [3.05, 3.63) is 40.8 Å². The second-order valence-electron chi connectivity index (χ2n) is 5.30. The number of hydrogen-bond donors (Lipinski definition) is 2. The quantitative estimate of drug-likeness (QED) is 0.580. The Morgan fingerprint density at radius 3 is 3.00 bits per heavy atom. The minimum Gasteiger partial charge on any atom is -0.357 e. The van der Waals surface area contributed by atoms with Crippen LogP contribution in [0.25, 0.3) is 0 Å². The van der Waals surface area contributed by atoms with Crippen molar-refractivity contribution < 1.29 is 0 Å². The van der Waals surface area contributed by atoms with Gasteiger partial charge in [-0.3, -0.25) is 9.67 Å². The van der Waals surface area contributed by atoms with Crippen molar-refractivity contribution in [3.63, 3.8) is 0 Å². The Bertz CT molecular complexity index is 533. The molecule has 0 aliphatic rings. The average Bonchev–Trinajstić information content (AvgIpc) is 3.18. The monoisotopic (exact) mass is 319 g/mol. The van der Waals surface area contributed by atoms with Crippen molar-refractivity contribution in [1.82, 2.24) is 20.4 Å². The van der Waals surface area contributed by atoms with E-state index in [1.54, 1.807) is 6.20 Å². The number of guanidine groups is 1. The molecule has 6 heteroatoms. The maximum absolute atomic E-state index is 4.68. The van der Waals surface area contributed by atoms with Crippen LogP contribution in [0.4, 0.5) is 0 Å². The van der Waals surface area contributed by atoms with Crippen molar-refractivity contribution in [2.45, 2.75) is 26.8 Å². The van der Waals surface area contributed by atoms with Gasteiger partial charge in [0.05, 0.1) is 6.54 Å². The molecule has 5 nitrogen and oxygen atoms in total. The third-order valence-electron chi connectivity index (χ3n) is 3.23. The number of thiophene rings is 1. The summed E-state index contributed by atoms with van der Waals surface area (Å²) >= 11 is 1.82. The zero-order valence-electron chi connectivity index (χ0n) is 13.3. The van der Waals surface area contributed by atoms with Crippen LogP contribution in [0.3, 0.4) is 0 Å². The van der Waals surface area contributed by atoms with Crippen LogP contribution < -0.4 is 10.6 Å². The minimum absolute atomic E-state index is 0.542. The van der Waals surface area contributed by atoms with E-state index in [0.717, 1.165) is 38.6 Å². The molecule has 120 valence electrons. The van der Waals surface area contributed by atoms with E-state index in [4.69, 9.17) is 0 Å². The van der Waals surface area contributed by atoms with Crippen molar-refractivity contribution in [3.8, 4) is 0 Å². The zero-order valence-corrected chi connectivity index (χ0v) is 14.1. The molecular formula is C16H25N5S. The van der Waals surface area contributed by atoms with Crippen LogP contribution in [-0.2, 0) is 13.0 Å². The lowest BCUT2D eigenvalue weighted by atomic mass is 10.1. The summed E-state index contributed by atoms with van der Waals surface area (Å²) in [7, 11) is 0. The number of nitrogens with zero attached hydrogens (tertiary/aromatic N) is 3. The SMILES string of the molecule is CCNC(=NCC(C)Cc1cccs1)NCCn1cccn1. The minimum atomic E-state index is 0.542. The van der Waals surface area contributed by atoms with Crippen molar-refractivity contribution >= 4 is 17.3 Å². The van der Waals surface area contributed by atoms with Gasteiger partial charge in [-0.05, 0) is 36.8 Å². The van der Waals surface area contributed by atoms with Crippen LogP contribution in [0.1, 0.15) is 18.7 Å². The first-order chi connectivity index (χ1) is 10.8. The van der Waals surface area contributed by atoms with Gasteiger partial charge in [0.25, 0.3) is 0 Å². The summed E-state index contributed by atoms with van der Waals surface area (Å²) in [6, 6.07) is 6.24. The first-order valence-electron chi connectivity index (χ1n) is 7.80. The summed E-state index contributed by atoms with van der Waals surface area (Å²) < 4.78 is 1.91. The fraction of sp³-hybridized carbons (Fsp3) is 0.500. The number of hydrogen-bond acceptors (Lipinski definition) is 3. The average molecular weight is 319 g/mol. The molecule has 0 aliphatic carbocycles. The summed E-state index contributed by atoms with van der Waals surface area (Å²) in [6.45, 7) is 7.67. The summed E-state index contributed by atoms with van der Waals surface area (Å²) in [4.78, 5) is 6.11. The lowest BCUT2D eigenvalue weighted by molar-refractivity contribution is 0.583. The topological polar surface area (TPSA) is 54.2 Å². The normalized spacial score (nSPS) is 13.1. The lowest BCUT2D eigenvalue weighted by Crippen LogP contribution is -2.39. The van der Waals surface area contributed by atoms with Crippen LogP contribution in [0.2, 0.25) is 0 Å². The maximum atomic E-state index is 4.68. The van der Waals surface area contributed by atoms with E-state index in [-0.39, 0.29) is 0 Å². The first-order valence-corrected chi connectivity index (χ1v) is 8.68. The Kier molecular flexibility index (Phi) is 6.96. The van der Waals surface area contributed by atoms with Gasteiger partial charge in [0, 0.05) is 36.9 Å². The van der Waals surface area contributed by atoms with Crippen LogP contribution in [0, 0.1) is 5.92 Å². The van der Waals surface area contributed by atoms with E-state index in [1.165, 1.54) is 4.88 Å². The van der Waals surface area contributed by atoms with Crippen LogP contribution in [-0.4, -0.2) is 35.4 Å². The standard InChI is InChI=1S/C16H25N5S/c1-3-17-16(18-8-10-21-9-5-7-20-21)19-13-14(2)12-15-6-4-11-22-15/h4-7,9,11,14H,3,8,10,12-13H2,1-2H3,(H2,17,18,19). The van der Waals surface area contributed by atoms with Gasteiger partial charge in [0.15, 0.2) is 5.96 Å². The molecule has 0 amide bonds. The third-order valence-corrected chi connectivity index (χ3v) is 4.13. The lowest BCUT2D eigenvalue weighted by Gasteiger charge is -2.13. The molecule has 2 rings (SSSR count). The molecule has 0 saturated heterocycles. The van der Waals surface area contributed by atoms with Crippen molar-refractivity contribution in [1.29, 1.82) is 0 Å². The van der Waals surface area contributed by atoms with E-state index in [2.05, 4.69) is 52.1 Å².